The third-order valence-electron chi connectivity index (χ3n) is 2.62. The van der Waals surface area contributed by atoms with Gasteiger partial charge in [0.1, 0.15) is 12.4 Å². The van der Waals surface area contributed by atoms with Crippen molar-refractivity contribution in [1.29, 1.82) is 0 Å². The molecular weight excluding hydrogens is 388 g/mol. The second kappa shape index (κ2) is 6.88. The fraction of sp³-hybridized carbons (Fsp3) is 0.0714. The van der Waals surface area contributed by atoms with E-state index in [1.54, 1.807) is 18.2 Å². The third-order valence-corrected chi connectivity index (χ3v) is 3.87. The molecule has 2 aromatic rings. The average Bonchev–Trinajstić information content (AvgIpc) is 2.46. The van der Waals surface area contributed by atoms with Crippen LogP contribution in [-0.4, -0.2) is 5.91 Å². The number of hydrogen-bond acceptors (Lipinski definition) is 3. The summed E-state index contributed by atoms with van der Waals surface area (Å²) in [6.45, 7) is 0.354. The minimum Gasteiger partial charge on any atom is -0.487 e. The number of benzene rings is 2. The Hall–Kier alpha value is -1.37. The lowest BCUT2D eigenvalue weighted by atomic mass is 10.1. The Balaban J connectivity index is 2.13. The van der Waals surface area contributed by atoms with Crippen molar-refractivity contribution >= 4 is 37.8 Å². The monoisotopic (exact) mass is 398 g/mol. The minimum absolute atomic E-state index is 0.325. The zero-order valence-corrected chi connectivity index (χ0v) is 13.6. The number of nitrogen functional groups attached to an aromatic ring is 1. The molecular formula is C14H12Br2N2O2. The van der Waals surface area contributed by atoms with Crippen LogP contribution in [-0.2, 0) is 6.61 Å². The van der Waals surface area contributed by atoms with Gasteiger partial charge in [0.2, 0.25) is 0 Å². The number of carbonyl (C=O) groups excluding carboxylic acids is 1. The molecule has 20 heavy (non-hydrogen) atoms. The van der Waals surface area contributed by atoms with Crippen LogP contribution in [0, 0.1) is 0 Å². The quantitative estimate of drug-likeness (QED) is 0.470. The Morgan fingerprint density at radius 2 is 1.80 bits per heavy atom. The van der Waals surface area contributed by atoms with E-state index >= 15 is 0 Å². The van der Waals surface area contributed by atoms with Gasteiger partial charge in [0.25, 0.3) is 5.91 Å². The summed E-state index contributed by atoms with van der Waals surface area (Å²) in [6, 6.07) is 12.8. The molecule has 0 heterocycles. The van der Waals surface area contributed by atoms with E-state index in [0.717, 1.165) is 20.3 Å². The molecule has 6 heteroatoms. The van der Waals surface area contributed by atoms with Crippen molar-refractivity contribution in [2.24, 2.45) is 5.84 Å². The van der Waals surface area contributed by atoms with Crippen LogP contribution in [0.25, 0.3) is 0 Å². The van der Waals surface area contributed by atoms with Gasteiger partial charge in [-0.3, -0.25) is 10.2 Å². The molecule has 0 radical (unpaired) electrons. The number of hydrogen-bond donors (Lipinski definition) is 2. The molecule has 4 nitrogen and oxygen atoms in total. The first-order valence-electron chi connectivity index (χ1n) is 5.78. The molecule has 2 rings (SSSR count). The molecule has 0 saturated heterocycles. The zero-order chi connectivity index (χ0) is 14.5. The van der Waals surface area contributed by atoms with E-state index in [0.29, 0.717) is 12.2 Å². The Morgan fingerprint density at radius 1 is 1.15 bits per heavy atom. The van der Waals surface area contributed by atoms with Crippen molar-refractivity contribution in [3.63, 3.8) is 0 Å². The molecule has 0 bridgehead atoms. The summed E-state index contributed by atoms with van der Waals surface area (Å²) in [5, 5.41) is 0. The molecule has 0 atom stereocenters. The molecule has 0 saturated carbocycles. The largest absolute Gasteiger partial charge is 0.487 e. The van der Waals surface area contributed by atoms with Crippen LogP contribution in [0.4, 0.5) is 0 Å². The predicted molar refractivity (Wildman–Crippen MR) is 84.3 cm³/mol. The molecule has 0 unspecified atom stereocenters. The lowest BCUT2D eigenvalue weighted by molar-refractivity contribution is 0.0953. The highest BCUT2D eigenvalue weighted by Crippen LogP contribution is 2.33. The summed E-state index contributed by atoms with van der Waals surface area (Å²) < 4.78 is 7.49. The molecule has 1 amide bonds. The standard InChI is InChI=1S/C14H12Br2N2O2/c15-11-5-2-6-12(16)13(11)20-8-9-3-1-4-10(7-9)14(19)18-17/h1-7H,8,17H2,(H,18,19). The van der Waals surface area contributed by atoms with Gasteiger partial charge in [-0.1, -0.05) is 18.2 Å². The van der Waals surface area contributed by atoms with Crippen molar-refractivity contribution in [1.82, 2.24) is 5.43 Å². The number of para-hydroxylation sites is 1. The molecule has 0 aromatic heterocycles. The Kier molecular flexibility index (Phi) is 5.17. The van der Waals surface area contributed by atoms with Crippen LogP contribution >= 0.6 is 31.9 Å². The van der Waals surface area contributed by atoms with Gasteiger partial charge in [-0.2, -0.15) is 0 Å². The topological polar surface area (TPSA) is 64.3 Å². The maximum atomic E-state index is 11.5. The maximum absolute atomic E-state index is 11.5. The number of ether oxygens (including phenoxy) is 1. The van der Waals surface area contributed by atoms with Gasteiger partial charge in [-0.15, -0.1) is 0 Å². The van der Waals surface area contributed by atoms with Crippen molar-refractivity contribution in [3.8, 4) is 5.75 Å². The van der Waals surface area contributed by atoms with E-state index in [1.165, 1.54) is 0 Å². The number of nitrogens with one attached hydrogen (secondary N) is 1. The fourth-order valence-electron chi connectivity index (χ4n) is 1.66. The van der Waals surface area contributed by atoms with Crippen molar-refractivity contribution in [2.45, 2.75) is 6.61 Å². The van der Waals surface area contributed by atoms with Gasteiger partial charge in [0.15, 0.2) is 0 Å². The molecule has 0 aliphatic heterocycles. The molecule has 0 aliphatic carbocycles. The first-order valence-corrected chi connectivity index (χ1v) is 7.37. The van der Waals surface area contributed by atoms with Crippen molar-refractivity contribution in [2.75, 3.05) is 0 Å². The SMILES string of the molecule is NNC(=O)c1cccc(COc2c(Br)cccc2Br)c1. The first-order chi connectivity index (χ1) is 9.61. The molecule has 0 spiro atoms. The van der Waals surface area contributed by atoms with E-state index in [1.807, 2.05) is 24.3 Å². The molecule has 0 fully saturated rings. The number of nitrogens with two attached hydrogens (primary N) is 1. The number of carbonyl (C=O) groups is 1. The highest BCUT2D eigenvalue weighted by atomic mass is 79.9. The smallest absolute Gasteiger partial charge is 0.265 e. The Bertz CT molecular complexity index is 612. The van der Waals surface area contributed by atoms with E-state index < -0.39 is 0 Å². The lowest BCUT2D eigenvalue weighted by Crippen LogP contribution is -2.30. The Morgan fingerprint density at radius 3 is 2.45 bits per heavy atom. The molecule has 3 N–H and O–H groups in total. The van der Waals surface area contributed by atoms with Gasteiger partial charge < -0.3 is 4.74 Å². The fourth-order valence-corrected chi connectivity index (χ4v) is 2.89. The molecule has 0 aliphatic rings. The lowest BCUT2D eigenvalue weighted by Gasteiger charge is -2.10. The van der Waals surface area contributed by atoms with Gasteiger partial charge in [0.05, 0.1) is 8.95 Å². The number of halogens is 2. The average molecular weight is 400 g/mol. The first kappa shape index (κ1) is 15.0. The van der Waals surface area contributed by atoms with Crippen LogP contribution in [0.5, 0.6) is 5.75 Å². The highest BCUT2D eigenvalue weighted by Gasteiger charge is 2.08. The summed E-state index contributed by atoms with van der Waals surface area (Å²) in [5.74, 6) is 5.51. The summed E-state index contributed by atoms with van der Waals surface area (Å²) in [7, 11) is 0. The van der Waals surface area contributed by atoms with Gasteiger partial charge in [-0.05, 0) is 61.7 Å². The second-order valence-electron chi connectivity index (χ2n) is 4.01. The normalized spacial score (nSPS) is 10.2. The van der Waals surface area contributed by atoms with E-state index in [-0.39, 0.29) is 5.91 Å². The van der Waals surface area contributed by atoms with Gasteiger partial charge >= 0.3 is 0 Å². The van der Waals surface area contributed by atoms with Crippen molar-refractivity contribution in [3.05, 3.63) is 62.5 Å². The Labute approximate surface area is 133 Å². The van der Waals surface area contributed by atoms with Crippen LogP contribution < -0.4 is 16.0 Å². The van der Waals surface area contributed by atoms with Crippen LogP contribution in [0.2, 0.25) is 0 Å². The summed E-state index contributed by atoms with van der Waals surface area (Å²) in [5.41, 5.74) is 3.49. The summed E-state index contributed by atoms with van der Waals surface area (Å²) in [6.07, 6.45) is 0. The predicted octanol–water partition coefficient (Wildman–Crippen LogP) is 3.39. The van der Waals surface area contributed by atoms with Crippen LogP contribution in [0.1, 0.15) is 15.9 Å². The zero-order valence-electron chi connectivity index (χ0n) is 10.4. The summed E-state index contributed by atoms with van der Waals surface area (Å²) in [4.78, 5) is 11.5. The molecule has 2 aromatic carbocycles. The number of rotatable bonds is 4. The minimum atomic E-state index is -0.325. The highest BCUT2D eigenvalue weighted by molar-refractivity contribution is 9.11. The molecule has 104 valence electrons. The van der Waals surface area contributed by atoms with Gasteiger partial charge in [-0.25, -0.2) is 5.84 Å². The second-order valence-corrected chi connectivity index (χ2v) is 5.72. The van der Waals surface area contributed by atoms with Crippen LogP contribution in [0.15, 0.2) is 51.4 Å². The van der Waals surface area contributed by atoms with E-state index in [4.69, 9.17) is 10.6 Å². The number of hydrazine groups is 1. The van der Waals surface area contributed by atoms with Crippen molar-refractivity contribution < 1.29 is 9.53 Å². The summed E-state index contributed by atoms with van der Waals surface area (Å²) >= 11 is 6.87. The third kappa shape index (κ3) is 3.59. The van der Waals surface area contributed by atoms with E-state index in [9.17, 15) is 4.79 Å². The van der Waals surface area contributed by atoms with Crippen LogP contribution in [0.3, 0.4) is 0 Å². The number of amides is 1. The maximum Gasteiger partial charge on any atom is 0.265 e. The van der Waals surface area contributed by atoms with Gasteiger partial charge in [0, 0.05) is 5.56 Å². The van der Waals surface area contributed by atoms with E-state index in [2.05, 4.69) is 37.3 Å².